The zero-order chi connectivity index (χ0) is 12.8. The summed E-state index contributed by atoms with van der Waals surface area (Å²) in [4.78, 5) is 2.30. The van der Waals surface area contributed by atoms with E-state index in [0.717, 1.165) is 50.3 Å². The quantitative estimate of drug-likeness (QED) is 0.809. The van der Waals surface area contributed by atoms with Gasteiger partial charge in [-0.05, 0) is 36.6 Å². The van der Waals surface area contributed by atoms with E-state index >= 15 is 0 Å². The van der Waals surface area contributed by atoms with Crippen LogP contribution in [0.5, 0.6) is 0 Å². The van der Waals surface area contributed by atoms with E-state index in [1.807, 2.05) is 12.1 Å². The van der Waals surface area contributed by atoms with Gasteiger partial charge in [-0.3, -0.25) is 0 Å². The summed E-state index contributed by atoms with van der Waals surface area (Å²) in [6.45, 7) is 4.65. The molecule has 0 atom stereocenters. The summed E-state index contributed by atoms with van der Waals surface area (Å²) in [6.07, 6.45) is 1.60. The summed E-state index contributed by atoms with van der Waals surface area (Å²) < 4.78 is 18.7. The van der Waals surface area contributed by atoms with Gasteiger partial charge in [0.2, 0.25) is 0 Å². The first-order valence-electron chi connectivity index (χ1n) is 6.54. The summed E-state index contributed by atoms with van der Waals surface area (Å²) >= 11 is 0. The highest BCUT2D eigenvalue weighted by atomic mass is 19.1. The lowest BCUT2D eigenvalue weighted by Crippen LogP contribution is -2.43. The van der Waals surface area contributed by atoms with Gasteiger partial charge in [0.1, 0.15) is 5.82 Å². The molecule has 100 valence electrons. The predicted molar refractivity (Wildman–Crippen MR) is 71.7 cm³/mol. The molecule has 0 unspecified atom stereocenters. The third-order valence-electron chi connectivity index (χ3n) is 3.31. The van der Waals surface area contributed by atoms with Gasteiger partial charge in [-0.2, -0.15) is 0 Å². The monoisotopic (exact) mass is 252 g/mol. The summed E-state index contributed by atoms with van der Waals surface area (Å²) in [5.41, 5.74) is 1.92. The summed E-state index contributed by atoms with van der Waals surface area (Å²) in [5.74, 6) is -0.106. The number of methoxy groups -OCH3 is 1. The molecule has 4 heteroatoms. The van der Waals surface area contributed by atoms with Crippen molar-refractivity contribution in [3.63, 3.8) is 0 Å². The van der Waals surface area contributed by atoms with Crippen molar-refractivity contribution in [1.82, 2.24) is 5.32 Å². The molecule has 1 aliphatic rings. The molecule has 18 heavy (non-hydrogen) atoms. The molecule has 0 spiro atoms. The van der Waals surface area contributed by atoms with Gasteiger partial charge >= 0.3 is 0 Å². The Labute approximate surface area is 108 Å². The number of nitrogens with one attached hydrogen (secondary N) is 1. The summed E-state index contributed by atoms with van der Waals surface area (Å²) in [7, 11) is 1.67. The summed E-state index contributed by atoms with van der Waals surface area (Å²) in [6, 6.07) is 5.44. The van der Waals surface area contributed by atoms with Crippen molar-refractivity contribution >= 4 is 5.69 Å². The van der Waals surface area contributed by atoms with Crippen molar-refractivity contribution in [2.45, 2.75) is 12.8 Å². The van der Waals surface area contributed by atoms with E-state index in [2.05, 4.69) is 10.2 Å². The Morgan fingerprint density at radius 1 is 1.33 bits per heavy atom. The first kappa shape index (κ1) is 13.3. The van der Waals surface area contributed by atoms with Crippen LogP contribution in [0.4, 0.5) is 10.1 Å². The molecule has 1 saturated heterocycles. The van der Waals surface area contributed by atoms with E-state index in [-0.39, 0.29) is 5.82 Å². The van der Waals surface area contributed by atoms with E-state index in [1.165, 1.54) is 0 Å². The van der Waals surface area contributed by atoms with E-state index in [0.29, 0.717) is 6.61 Å². The Morgan fingerprint density at radius 3 is 2.83 bits per heavy atom. The fourth-order valence-electron chi connectivity index (χ4n) is 2.28. The number of hydrogen-bond donors (Lipinski definition) is 1. The molecule has 2 rings (SSSR count). The molecule has 1 fully saturated rings. The fraction of sp³-hybridized carbons (Fsp3) is 0.571. The van der Waals surface area contributed by atoms with Gasteiger partial charge in [-0.25, -0.2) is 4.39 Å². The molecular weight excluding hydrogens is 231 g/mol. The lowest BCUT2D eigenvalue weighted by Gasteiger charge is -2.29. The molecule has 1 aliphatic heterocycles. The van der Waals surface area contributed by atoms with Crippen molar-refractivity contribution in [2.24, 2.45) is 0 Å². The number of benzene rings is 1. The zero-order valence-corrected chi connectivity index (χ0v) is 10.9. The first-order chi connectivity index (χ1) is 8.81. The number of halogens is 1. The number of rotatable bonds is 5. The van der Waals surface area contributed by atoms with Gasteiger partial charge in [0.15, 0.2) is 0 Å². The minimum Gasteiger partial charge on any atom is -0.385 e. The molecule has 3 nitrogen and oxygen atoms in total. The first-order valence-corrected chi connectivity index (χ1v) is 6.54. The van der Waals surface area contributed by atoms with Crippen LogP contribution in [0.25, 0.3) is 0 Å². The molecule has 1 aromatic carbocycles. The third kappa shape index (κ3) is 3.43. The van der Waals surface area contributed by atoms with E-state index in [4.69, 9.17) is 4.74 Å². The molecule has 0 aromatic heterocycles. The number of piperazine rings is 1. The molecule has 1 aromatic rings. The van der Waals surface area contributed by atoms with Crippen LogP contribution in [0.2, 0.25) is 0 Å². The third-order valence-corrected chi connectivity index (χ3v) is 3.31. The van der Waals surface area contributed by atoms with Gasteiger partial charge in [-0.15, -0.1) is 0 Å². The fourth-order valence-corrected chi connectivity index (χ4v) is 2.28. The van der Waals surface area contributed by atoms with Crippen LogP contribution in [0.15, 0.2) is 18.2 Å². The van der Waals surface area contributed by atoms with Crippen LogP contribution in [-0.4, -0.2) is 39.9 Å². The minimum absolute atomic E-state index is 0.106. The largest absolute Gasteiger partial charge is 0.385 e. The van der Waals surface area contributed by atoms with Gasteiger partial charge in [0.05, 0.1) is 0 Å². The Hall–Kier alpha value is -1.13. The average molecular weight is 252 g/mol. The Morgan fingerprint density at radius 2 is 2.11 bits per heavy atom. The van der Waals surface area contributed by atoms with Gasteiger partial charge in [0, 0.05) is 45.6 Å². The maximum absolute atomic E-state index is 13.7. The standard InChI is InChI=1S/C14H21FN2O/c1-18-10-2-3-12-11-13(4-5-14(12)15)17-8-6-16-7-9-17/h4-5,11,16H,2-3,6-10H2,1H3. The van der Waals surface area contributed by atoms with Crippen LogP contribution in [0.3, 0.4) is 0 Å². The van der Waals surface area contributed by atoms with E-state index < -0.39 is 0 Å². The Kier molecular flexibility index (Phi) is 4.96. The predicted octanol–water partition coefficient (Wildman–Crippen LogP) is 1.81. The molecule has 0 saturated carbocycles. The molecule has 1 heterocycles. The molecular formula is C14H21FN2O. The highest BCUT2D eigenvalue weighted by Crippen LogP contribution is 2.20. The minimum atomic E-state index is -0.106. The van der Waals surface area contributed by atoms with Gasteiger partial charge < -0.3 is 15.0 Å². The second kappa shape index (κ2) is 6.71. The maximum Gasteiger partial charge on any atom is 0.126 e. The molecule has 0 amide bonds. The summed E-state index contributed by atoms with van der Waals surface area (Å²) in [5, 5.41) is 3.32. The number of hydrogen-bond acceptors (Lipinski definition) is 3. The average Bonchev–Trinajstić information content (AvgIpc) is 2.42. The van der Waals surface area contributed by atoms with Crippen molar-refractivity contribution in [3.8, 4) is 0 Å². The van der Waals surface area contributed by atoms with Gasteiger partial charge in [0.25, 0.3) is 0 Å². The van der Waals surface area contributed by atoms with E-state index in [9.17, 15) is 4.39 Å². The lowest BCUT2D eigenvalue weighted by molar-refractivity contribution is 0.195. The van der Waals surface area contributed by atoms with Crippen molar-refractivity contribution in [3.05, 3.63) is 29.6 Å². The lowest BCUT2D eigenvalue weighted by atomic mass is 10.1. The number of anilines is 1. The number of ether oxygens (including phenoxy) is 1. The number of nitrogens with zero attached hydrogens (tertiary/aromatic N) is 1. The van der Waals surface area contributed by atoms with E-state index in [1.54, 1.807) is 13.2 Å². The van der Waals surface area contributed by atoms with Crippen molar-refractivity contribution in [1.29, 1.82) is 0 Å². The highest BCUT2D eigenvalue weighted by Gasteiger charge is 2.12. The molecule has 0 aliphatic carbocycles. The van der Waals surface area contributed by atoms with Crippen LogP contribution in [0, 0.1) is 5.82 Å². The number of aryl methyl sites for hydroxylation is 1. The molecule has 0 radical (unpaired) electrons. The van der Waals surface area contributed by atoms with Crippen molar-refractivity contribution < 1.29 is 9.13 Å². The maximum atomic E-state index is 13.7. The van der Waals surface area contributed by atoms with Crippen LogP contribution >= 0.6 is 0 Å². The topological polar surface area (TPSA) is 24.5 Å². The molecule has 1 N–H and O–H groups in total. The van der Waals surface area contributed by atoms with Gasteiger partial charge in [-0.1, -0.05) is 0 Å². The zero-order valence-electron chi connectivity index (χ0n) is 10.9. The molecule has 0 bridgehead atoms. The van der Waals surface area contributed by atoms with Crippen molar-refractivity contribution in [2.75, 3.05) is 44.8 Å². The SMILES string of the molecule is COCCCc1cc(N2CCNCC2)ccc1F. The Balaban J connectivity index is 2.04. The highest BCUT2D eigenvalue weighted by molar-refractivity contribution is 5.49. The second-order valence-electron chi connectivity index (χ2n) is 4.61. The Bertz CT molecular complexity index is 378. The normalized spacial score (nSPS) is 16.0. The smallest absolute Gasteiger partial charge is 0.126 e. The second-order valence-corrected chi connectivity index (χ2v) is 4.61. The van der Waals surface area contributed by atoms with Crippen LogP contribution in [0.1, 0.15) is 12.0 Å². The van der Waals surface area contributed by atoms with Crippen LogP contribution in [-0.2, 0) is 11.2 Å². The van der Waals surface area contributed by atoms with Crippen LogP contribution < -0.4 is 10.2 Å².